The van der Waals surface area contributed by atoms with Crippen molar-refractivity contribution in [3.05, 3.63) is 71.8 Å². The Labute approximate surface area is 148 Å². The molecule has 0 saturated heterocycles. The van der Waals surface area contributed by atoms with Crippen LogP contribution in [0.25, 0.3) is 11.3 Å². The van der Waals surface area contributed by atoms with Crippen molar-refractivity contribution in [2.75, 3.05) is 10.6 Å². The normalized spacial score (nSPS) is 13.5. The van der Waals surface area contributed by atoms with E-state index in [4.69, 9.17) is 4.98 Å². The zero-order valence-electron chi connectivity index (χ0n) is 14.4. The van der Waals surface area contributed by atoms with E-state index in [1.54, 1.807) is 0 Å². The zero-order valence-corrected chi connectivity index (χ0v) is 14.4. The Balaban J connectivity index is 1.57. The van der Waals surface area contributed by atoms with Gasteiger partial charge in [-0.1, -0.05) is 60.2 Å². The highest BCUT2D eigenvalue weighted by Gasteiger charge is 2.22. The largest absolute Gasteiger partial charge is 0.367 e. The zero-order chi connectivity index (χ0) is 17.1. The van der Waals surface area contributed by atoms with Crippen molar-refractivity contribution >= 4 is 11.8 Å². The highest BCUT2D eigenvalue weighted by molar-refractivity contribution is 5.64. The Morgan fingerprint density at radius 2 is 1.72 bits per heavy atom. The fourth-order valence-electron chi connectivity index (χ4n) is 2.68. The number of anilines is 2. The lowest BCUT2D eigenvalue weighted by atomic mass is 10.1. The molecule has 1 saturated carbocycles. The molecule has 2 aromatic carbocycles. The van der Waals surface area contributed by atoms with E-state index >= 15 is 0 Å². The van der Waals surface area contributed by atoms with Gasteiger partial charge in [0, 0.05) is 24.2 Å². The topological polar surface area (TPSA) is 49.8 Å². The van der Waals surface area contributed by atoms with Crippen molar-refractivity contribution in [1.29, 1.82) is 0 Å². The average Bonchev–Trinajstić information content (AvgIpc) is 3.46. The van der Waals surface area contributed by atoms with E-state index in [1.165, 1.54) is 24.0 Å². The minimum absolute atomic E-state index is 0.559. The molecule has 0 atom stereocenters. The Bertz CT molecular complexity index is 840. The Hall–Kier alpha value is -2.88. The maximum atomic E-state index is 4.70. The summed E-state index contributed by atoms with van der Waals surface area (Å²) in [6.07, 6.45) is 2.44. The van der Waals surface area contributed by atoms with E-state index in [1.807, 2.05) is 24.3 Å². The highest BCUT2D eigenvalue weighted by atomic mass is 15.2. The lowest BCUT2D eigenvalue weighted by Gasteiger charge is -2.11. The number of aryl methyl sites for hydroxylation is 1. The molecule has 0 aliphatic heterocycles. The van der Waals surface area contributed by atoms with Gasteiger partial charge < -0.3 is 10.6 Å². The van der Waals surface area contributed by atoms with Crippen LogP contribution in [0.4, 0.5) is 11.8 Å². The molecule has 4 nitrogen and oxygen atoms in total. The van der Waals surface area contributed by atoms with Crippen LogP contribution in [0, 0.1) is 6.92 Å². The predicted molar refractivity (Wildman–Crippen MR) is 103 cm³/mol. The SMILES string of the molecule is Cc1ccc(CNc2nc(NC3CC3)cc(-c3ccccc3)n2)cc1. The van der Waals surface area contributed by atoms with Gasteiger partial charge >= 0.3 is 0 Å². The third kappa shape index (κ3) is 4.15. The van der Waals surface area contributed by atoms with E-state index < -0.39 is 0 Å². The number of nitrogens with one attached hydrogen (secondary N) is 2. The van der Waals surface area contributed by atoms with Crippen LogP contribution >= 0.6 is 0 Å². The molecule has 1 aliphatic carbocycles. The molecule has 0 amide bonds. The van der Waals surface area contributed by atoms with Crippen LogP contribution in [0.5, 0.6) is 0 Å². The second kappa shape index (κ2) is 6.93. The van der Waals surface area contributed by atoms with Crippen molar-refractivity contribution in [1.82, 2.24) is 9.97 Å². The van der Waals surface area contributed by atoms with Crippen molar-refractivity contribution in [2.24, 2.45) is 0 Å². The Morgan fingerprint density at radius 1 is 0.960 bits per heavy atom. The minimum atomic E-state index is 0.559. The van der Waals surface area contributed by atoms with Crippen molar-refractivity contribution in [3.8, 4) is 11.3 Å². The molecular formula is C21H22N4. The summed E-state index contributed by atoms with van der Waals surface area (Å²) in [4.78, 5) is 9.34. The van der Waals surface area contributed by atoms with Crippen LogP contribution in [0.1, 0.15) is 24.0 Å². The first-order valence-corrected chi connectivity index (χ1v) is 8.77. The van der Waals surface area contributed by atoms with Crippen molar-refractivity contribution in [3.63, 3.8) is 0 Å². The van der Waals surface area contributed by atoms with Gasteiger partial charge in [-0.05, 0) is 25.3 Å². The third-order valence-corrected chi connectivity index (χ3v) is 4.30. The first-order valence-electron chi connectivity index (χ1n) is 8.77. The summed E-state index contributed by atoms with van der Waals surface area (Å²) in [6, 6.07) is 21.3. The van der Waals surface area contributed by atoms with Gasteiger partial charge in [-0.25, -0.2) is 4.98 Å². The van der Waals surface area contributed by atoms with Crippen LogP contribution in [-0.4, -0.2) is 16.0 Å². The summed E-state index contributed by atoms with van der Waals surface area (Å²) >= 11 is 0. The molecule has 1 aliphatic rings. The number of hydrogen-bond acceptors (Lipinski definition) is 4. The number of rotatable bonds is 6. The molecule has 1 aromatic heterocycles. The van der Waals surface area contributed by atoms with Gasteiger partial charge in [-0.3, -0.25) is 0 Å². The summed E-state index contributed by atoms with van der Waals surface area (Å²) in [5.74, 6) is 1.55. The highest BCUT2D eigenvalue weighted by Crippen LogP contribution is 2.27. The number of benzene rings is 2. The lowest BCUT2D eigenvalue weighted by molar-refractivity contribution is 1.04. The first kappa shape index (κ1) is 15.6. The van der Waals surface area contributed by atoms with Gasteiger partial charge in [0.15, 0.2) is 0 Å². The number of nitrogens with zero attached hydrogens (tertiary/aromatic N) is 2. The fraction of sp³-hybridized carbons (Fsp3) is 0.238. The maximum absolute atomic E-state index is 4.70. The van der Waals surface area contributed by atoms with Gasteiger partial charge in [0.2, 0.25) is 5.95 Å². The van der Waals surface area contributed by atoms with E-state index in [0.717, 1.165) is 17.1 Å². The van der Waals surface area contributed by atoms with Crippen molar-refractivity contribution in [2.45, 2.75) is 32.4 Å². The summed E-state index contributed by atoms with van der Waals surface area (Å²) in [7, 11) is 0. The quantitative estimate of drug-likeness (QED) is 0.691. The molecular weight excluding hydrogens is 308 g/mol. The van der Waals surface area contributed by atoms with Crippen LogP contribution in [0.15, 0.2) is 60.7 Å². The standard InChI is InChI=1S/C21H22N4/c1-15-7-9-16(10-8-15)14-22-21-24-19(17-5-3-2-4-6-17)13-20(25-21)23-18-11-12-18/h2-10,13,18H,11-12,14H2,1H3,(H2,22,23,24,25). The summed E-state index contributed by atoms with van der Waals surface area (Å²) < 4.78 is 0. The van der Waals surface area contributed by atoms with Crippen LogP contribution in [0.2, 0.25) is 0 Å². The Morgan fingerprint density at radius 3 is 2.44 bits per heavy atom. The molecule has 4 heteroatoms. The molecule has 4 rings (SSSR count). The smallest absolute Gasteiger partial charge is 0.225 e. The molecule has 0 radical (unpaired) electrons. The van der Waals surface area contributed by atoms with E-state index in [0.29, 0.717) is 18.5 Å². The van der Waals surface area contributed by atoms with E-state index in [2.05, 4.69) is 58.9 Å². The first-order chi connectivity index (χ1) is 12.3. The average molecular weight is 330 g/mol. The molecule has 0 spiro atoms. The summed E-state index contributed by atoms with van der Waals surface area (Å²) in [5, 5.41) is 6.84. The monoisotopic (exact) mass is 330 g/mol. The van der Waals surface area contributed by atoms with Crippen LogP contribution in [0.3, 0.4) is 0 Å². The minimum Gasteiger partial charge on any atom is -0.367 e. The molecule has 1 fully saturated rings. The van der Waals surface area contributed by atoms with Gasteiger partial charge in [-0.15, -0.1) is 0 Å². The molecule has 0 unspecified atom stereocenters. The molecule has 126 valence electrons. The van der Waals surface area contributed by atoms with E-state index in [-0.39, 0.29) is 0 Å². The number of hydrogen-bond donors (Lipinski definition) is 2. The molecule has 25 heavy (non-hydrogen) atoms. The molecule has 1 heterocycles. The predicted octanol–water partition coefficient (Wildman–Crippen LogP) is 4.64. The second-order valence-electron chi connectivity index (χ2n) is 6.59. The maximum Gasteiger partial charge on any atom is 0.225 e. The van der Waals surface area contributed by atoms with Gasteiger partial charge in [0.25, 0.3) is 0 Å². The van der Waals surface area contributed by atoms with Crippen molar-refractivity contribution < 1.29 is 0 Å². The third-order valence-electron chi connectivity index (χ3n) is 4.30. The molecule has 2 N–H and O–H groups in total. The van der Waals surface area contributed by atoms with E-state index in [9.17, 15) is 0 Å². The van der Waals surface area contributed by atoms with Gasteiger partial charge in [0.1, 0.15) is 5.82 Å². The molecule has 3 aromatic rings. The van der Waals surface area contributed by atoms with Crippen LogP contribution < -0.4 is 10.6 Å². The number of aromatic nitrogens is 2. The van der Waals surface area contributed by atoms with Crippen LogP contribution in [-0.2, 0) is 6.54 Å². The summed E-state index contributed by atoms with van der Waals surface area (Å²) in [6.45, 7) is 2.81. The lowest BCUT2D eigenvalue weighted by Crippen LogP contribution is -2.09. The Kier molecular flexibility index (Phi) is 4.34. The summed E-state index contributed by atoms with van der Waals surface area (Å²) in [5.41, 5.74) is 4.52. The van der Waals surface area contributed by atoms with Gasteiger partial charge in [-0.2, -0.15) is 4.98 Å². The fourth-order valence-corrected chi connectivity index (χ4v) is 2.68. The van der Waals surface area contributed by atoms with Gasteiger partial charge in [0.05, 0.1) is 5.69 Å². The molecule has 0 bridgehead atoms. The second-order valence-corrected chi connectivity index (χ2v) is 6.59.